The number of rotatable bonds is 4. The number of halogens is 1. The van der Waals surface area contributed by atoms with Gasteiger partial charge in [-0.25, -0.2) is 9.78 Å². The van der Waals surface area contributed by atoms with Crippen LogP contribution in [0.4, 0.5) is 4.79 Å². The molecule has 6 heteroatoms. The molecule has 24 heavy (non-hydrogen) atoms. The highest BCUT2D eigenvalue weighted by molar-refractivity contribution is 6.30. The molecule has 0 spiro atoms. The molecule has 0 radical (unpaired) electrons. The molecule has 2 rings (SSSR count). The summed E-state index contributed by atoms with van der Waals surface area (Å²) in [5.41, 5.74) is 0.626. The van der Waals surface area contributed by atoms with E-state index in [9.17, 15) is 4.79 Å². The van der Waals surface area contributed by atoms with Crippen molar-refractivity contribution < 1.29 is 9.53 Å². The van der Waals surface area contributed by atoms with Crippen molar-refractivity contribution in [3.05, 3.63) is 29.0 Å². The Morgan fingerprint density at radius 2 is 2.08 bits per heavy atom. The summed E-state index contributed by atoms with van der Waals surface area (Å²) in [7, 11) is 1.82. The number of hydrogen-bond donors (Lipinski definition) is 0. The van der Waals surface area contributed by atoms with Crippen LogP contribution < -0.4 is 0 Å². The van der Waals surface area contributed by atoms with Gasteiger partial charge < -0.3 is 9.64 Å². The van der Waals surface area contributed by atoms with E-state index in [2.05, 4.69) is 9.88 Å². The molecule has 1 aliphatic rings. The molecular formula is C18H28ClN3O2. The highest BCUT2D eigenvalue weighted by Crippen LogP contribution is 2.22. The van der Waals surface area contributed by atoms with Gasteiger partial charge in [0.1, 0.15) is 10.8 Å². The molecule has 0 N–H and O–H groups in total. The van der Waals surface area contributed by atoms with E-state index in [0.717, 1.165) is 44.6 Å². The standard InChI is InChI=1S/C18H28ClN3O2/c1-18(2,3)24-17(23)21(4)12-14-7-10-22(11-8-14)13-15-6-5-9-20-16(15)19/h5-6,9,14H,7-8,10-13H2,1-4H3. The number of nitrogens with zero attached hydrogens (tertiary/aromatic N) is 3. The summed E-state index contributed by atoms with van der Waals surface area (Å²) in [6.07, 6.45) is 3.62. The van der Waals surface area contributed by atoms with Crippen LogP contribution in [0, 0.1) is 5.92 Å². The Morgan fingerprint density at radius 3 is 2.67 bits per heavy atom. The van der Waals surface area contributed by atoms with E-state index in [0.29, 0.717) is 11.1 Å². The van der Waals surface area contributed by atoms with Crippen molar-refractivity contribution in [2.75, 3.05) is 26.7 Å². The quantitative estimate of drug-likeness (QED) is 0.772. The second-order valence-electron chi connectivity index (χ2n) is 7.53. The van der Waals surface area contributed by atoms with Gasteiger partial charge in [0.15, 0.2) is 0 Å². The largest absolute Gasteiger partial charge is 0.444 e. The van der Waals surface area contributed by atoms with E-state index in [4.69, 9.17) is 16.3 Å². The van der Waals surface area contributed by atoms with E-state index in [1.54, 1.807) is 11.1 Å². The molecular weight excluding hydrogens is 326 g/mol. The van der Waals surface area contributed by atoms with Gasteiger partial charge >= 0.3 is 6.09 Å². The summed E-state index contributed by atoms with van der Waals surface area (Å²) in [6, 6.07) is 3.95. The molecule has 0 aliphatic carbocycles. The highest BCUT2D eigenvalue weighted by atomic mass is 35.5. The molecule has 5 nitrogen and oxygen atoms in total. The maximum Gasteiger partial charge on any atom is 0.410 e. The number of carbonyl (C=O) groups excluding carboxylic acids is 1. The topological polar surface area (TPSA) is 45.7 Å². The zero-order valence-electron chi connectivity index (χ0n) is 15.1. The van der Waals surface area contributed by atoms with Crippen molar-refractivity contribution in [1.29, 1.82) is 0 Å². The first-order chi connectivity index (χ1) is 11.2. The van der Waals surface area contributed by atoms with Gasteiger partial charge in [-0.2, -0.15) is 0 Å². The number of ether oxygens (including phenoxy) is 1. The number of carbonyl (C=O) groups is 1. The minimum Gasteiger partial charge on any atom is -0.444 e. The van der Waals surface area contributed by atoms with Crippen LogP contribution in [0.2, 0.25) is 5.15 Å². The van der Waals surface area contributed by atoms with E-state index in [1.165, 1.54) is 0 Å². The van der Waals surface area contributed by atoms with Gasteiger partial charge in [-0.15, -0.1) is 0 Å². The lowest BCUT2D eigenvalue weighted by atomic mass is 9.96. The number of likely N-dealkylation sites (tertiary alicyclic amines) is 1. The first-order valence-electron chi connectivity index (χ1n) is 8.50. The molecule has 1 fully saturated rings. The Morgan fingerprint density at radius 1 is 1.42 bits per heavy atom. The Hall–Kier alpha value is -1.33. The second kappa shape index (κ2) is 8.17. The van der Waals surface area contributed by atoms with Crippen molar-refractivity contribution in [3.8, 4) is 0 Å². The van der Waals surface area contributed by atoms with Crippen LogP contribution in [-0.2, 0) is 11.3 Å². The average Bonchev–Trinajstić information content (AvgIpc) is 2.50. The van der Waals surface area contributed by atoms with E-state index < -0.39 is 5.60 Å². The molecule has 1 aromatic rings. The molecule has 0 bridgehead atoms. The lowest BCUT2D eigenvalue weighted by molar-refractivity contribution is 0.0249. The van der Waals surface area contributed by atoms with Crippen LogP contribution in [0.5, 0.6) is 0 Å². The second-order valence-corrected chi connectivity index (χ2v) is 7.89. The van der Waals surface area contributed by atoms with Crippen LogP contribution in [0.3, 0.4) is 0 Å². The van der Waals surface area contributed by atoms with Gasteiger partial charge in [-0.05, 0) is 58.7 Å². The Bertz CT molecular complexity index is 551. The lowest BCUT2D eigenvalue weighted by Gasteiger charge is -2.34. The lowest BCUT2D eigenvalue weighted by Crippen LogP contribution is -2.41. The summed E-state index contributed by atoms with van der Waals surface area (Å²) in [4.78, 5) is 20.3. The maximum atomic E-state index is 12.0. The van der Waals surface area contributed by atoms with Gasteiger partial charge in [0.25, 0.3) is 0 Å². The molecule has 1 aromatic heterocycles. The van der Waals surface area contributed by atoms with Gasteiger partial charge in [0, 0.05) is 31.9 Å². The third kappa shape index (κ3) is 5.95. The highest BCUT2D eigenvalue weighted by Gasteiger charge is 2.25. The van der Waals surface area contributed by atoms with Gasteiger partial charge in [-0.1, -0.05) is 17.7 Å². The predicted molar refractivity (Wildman–Crippen MR) is 96.1 cm³/mol. The Labute approximate surface area is 149 Å². The third-order valence-corrected chi connectivity index (χ3v) is 4.51. The first kappa shape index (κ1) is 19.0. The van der Waals surface area contributed by atoms with Crippen molar-refractivity contribution in [2.45, 2.75) is 45.8 Å². The number of piperidine rings is 1. The van der Waals surface area contributed by atoms with Crippen molar-refractivity contribution in [1.82, 2.24) is 14.8 Å². The molecule has 0 aromatic carbocycles. The van der Waals surface area contributed by atoms with Gasteiger partial charge in [0.05, 0.1) is 0 Å². The van der Waals surface area contributed by atoms with Gasteiger partial charge in [0.2, 0.25) is 0 Å². The number of pyridine rings is 1. The SMILES string of the molecule is CN(CC1CCN(Cc2cccnc2Cl)CC1)C(=O)OC(C)(C)C. The normalized spacial score (nSPS) is 16.9. The molecule has 0 atom stereocenters. The summed E-state index contributed by atoms with van der Waals surface area (Å²) < 4.78 is 5.41. The molecule has 134 valence electrons. The fourth-order valence-electron chi connectivity index (χ4n) is 2.91. The van der Waals surface area contributed by atoms with Crippen molar-refractivity contribution in [3.63, 3.8) is 0 Å². The van der Waals surface area contributed by atoms with Crippen LogP contribution in [-0.4, -0.2) is 53.2 Å². The van der Waals surface area contributed by atoms with Crippen LogP contribution in [0.25, 0.3) is 0 Å². The minimum absolute atomic E-state index is 0.243. The molecule has 1 saturated heterocycles. The first-order valence-corrected chi connectivity index (χ1v) is 8.88. The van der Waals surface area contributed by atoms with Crippen LogP contribution in [0.1, 0.15) is 39.2 Å². The monoisotopic (exact) mass is 353 g/mol. The fourth-order valence-corrected chi connectivity index (χ4v) is 3.09. The third-order valence-electron chi connectivity index (χ3n) is 4.17. The Kier molecular flexibility index (Phi) is 6.47. The van der Waals surface area contributed by atoms with E-state index in [-0.39, 0.29) is 6.09 Å². The van der Waals surface area contributed by atoms with Crippen LogP contribution in [0.15, 0.2) is 18.3 Å². The molecule has 1 aliphatic heterocycles. The minimum atomic E-state index is -0.447. The zero-order valence-corrected chi connectivity index (χ0v) is 15.8. The smallest absolute Gasteiger partial charge is 0.410 e. The van der Waals surface area contributed by atoms with Crippen molar-refractivity contribution in [2.24, 2.45) is 5.92 Å². The molecule has 0 unspecified atom stereocenters. The Balaban J connectivity index is 1.76. The average molecular weight is 354 g/mol. The van der Waals surface area contributed by atoms with Crippen molar-refractivity contribution >= 4 is 17.7 Å². The summed E-state index contributed by atoms with van der Waals surface area (Å²) >= 11 is 6.13. The molecule has 0 saturated carbocycles. The number of aromatic nitrogens is 1. The van der Waals surface area contributed by atoms with E-state index in [1.807, 2.05) is 40.0 Å². The fraction of sp³-hybridized carbons (Fsp3) is 0.667. The summed E-state index contributed by atoms with van der Waals surface area (Å²) in [6.45, 7) is 9.27. The maximum absolute atomic E-state index is 12.0. The predicted octanol–water partition coefficient (Wildman–Crippen LogP) is 3.81. The van der Waals surface area contributed by atoms with E-state index >= 15 is 0 Å². The zero-order chi connectivity index (χ0) is 17.7. The number of hydrogen-bond acceptors (Lipinski definition) is 4. The van der Waals surface area contributed by atoms with Crippen LogP contribution >= 0.6 is 11.6 Å². The molecule has 1 amide bonds. The number of amides is 1. The van der Waals surface area contributed by atoms with Gasteiger partial charge in [-0.3, -0.25) is 4.90 Å². The molecule has 2 heterocycles. The summed E-state index contributed by atoms with van der Waals surface area (Å²) in [5, 5.41) is 0.587. The summed E-state index contributed by atoms with van der Waals surface area (Å²) in [5.74, 6) is 0.517.